The minimum Gasteiger partial charge on any atom is -0.481 e. The largest absolute Gasteiger partial charge is 0.481 e. The first-order valence-corrected chi connectivity index (χ1v) is 7.23. The van der Waals surface area contributed by atoms with Crippen LogP contribution >= 0.6 is 0 Å². The summed E-state index contributed by atoms with van der Waals surface area (Å²) in [6.45, 7) is -1.67. The van der Waals surface area contributed by atoms with E-state index in [2.05, 4.69) is 4.98 Å². The van der Waals surface area contributed by atoms with E-state index in [9.17, 15) is 26.4 Å². The molecule has 2 rings (SSSR count). The Morgan fingerprint density at radius 1 is 1.48 bits per heavy atom. The fourth-order valence-electron chi connectivity index (χ4n) is 2.16. The molecule has 0 aromatic carbocycles. The van der Waals surface area contributed by atoms with E-state index in [0.29, 0.717) is 4.31 Å². The third kappa shape index (κ3) is 2.39. The molecule has 0 amide bonds. The molecule has 21 heavy (non-hydrogen) atoms. The maximum Gasteiger partial charge on any atom is 0.406 e. The third-order valence-corrected chi connectivity index (χ3v) is 5.20. The summed E-state index contributed by atoms with van der Waals surface area (Å²) in [4.78, 5) is 14.6. The highest BCUT2D eigenvalue weighted by Crippen LogP contribution is 2.46. The van der Waals surface area contributed by atoms with E-state index < -0.39 is 52.1 Å². The summed E-state index contributed by atoms with van der Waals surface area (Å²) >= 11 is 0. The van der Waals surface area contributed by atoms with Crippen molar-refractivity contribution in [3.8, 4) is 0 Å². The van der Waals surface area contributed by atoms with Crippen LogP contribution < -0.4 is 0 Å². The number of nitrogens with zero attached hydrogens (tertiary/aromatic N) is 3. The lowest BCUT2D eigenvalue weighted by Crippen LogP contribution is -2.47. The average molecular weight is 327 g/mol. The predicted octanol–water partition coefficient (Wildman–Crippen LogP) is 0.448. The molecule has 1 N–H and O–H groups in total. The van der Waals surface area contributed by atoms with Gasteiger partial charge in [0.15, 0.2) is 10.4 Å². The van der Waals surface area contributed by atoms with E-state index in [-0.39, 0.29) is 0 Å². The Morgan fingerprint density at radius 3 is 2.48 bits per heavy atom. The maximum atomic E-state index is 13.0. The zero-order valence-electron chi connectivity index (χ0n) is 10.8. The number of carboxylic acids is 1. The van der Waals surface area contributed by atoms with Gasteiger partial charge in [0.25, 0.3) is 10.0 Å². The lowest BCUT2D eigenvalue weighted by molar-refractivity contribution is -0.226. The van der Waals surface area contributed by atoms with E-state index >= 15 is 0 Å². The van der Waals surface area contributed by atoms with E-state index in [1.807, 2.05) is 0 Å². The molecule has 0 bridgehead atoms. The number of halogens is 3. The number of aryl methyl sites for hydroxylation is 1. The second kappa shape index (κ2) is 4.70. The third-order valence-electron chi connectivity index (χ3n) is 3.47. The molecule has 0 spiro atoms. The van der Waals surface area contributed by atoms with Gasteiger partial charge in [-0.3, -0.25) is 4.79 Å². The van der Waals surface area contributed by atoms with Crippen LogP contribution in [0.4, 0.5) is 13.2 Å². The summed E-state index contributed by atoms with van der Waals surface area (Å²) in [7, 11) is -2.74. The van der Waals surface area contributed by atoms with Gasteiger partial charge in [0.2, 0.25) is 0 Å². The Kier molecular flexibility index (Phi) is 3.53. The number of hydrogen-bond donors (Lipinski definition) is 1. The molecule has 118 valence electrons. The van der Waals surface area contributed by atoms with Crippen molar-refractivity contribution in [2.45, 2.75) is 17.6 Å². The molecule has 1 atom stereocenters. The molecule has 11 heteroatoms. The number of alkyl halides is 3. The first-order chi connectivity index (χ1) is 9.50. The van der Waals surface area contributed by atoms with Gasteiger partial charge in [-0.25, -0.2) is 13.4 Å². The monoisotopic (exact) mass is 327 g/mol. The fourth-order valence-corrected chi connectivity index (χ4v) is 3.63. The van der Waals surface area contributed by atoms with Crippen LogP contribution in [0.5, 0.6) is 0 Å². The van der Waals surface area contributed by atoms with Gasteiger partial charge in [0.1, 0.15) is 0 Å². The molecule has 7 nitrogen and oxygen atoms in total. The highest BCUT2D eigenvalue weighted by atomic mass is 32.2. The van der Waals surface area contributed by atoms with Crippen molar-refractivity contribution >= 4 is 16.0 Å². The number of imidazole rings is 1. The van der Waals surface area contributed by atoms with E-state index in [4.69, 9.17) is 5.11 Å². The van der Waals surface area contributed by atoms with Crippen molar-refractivity contribution in [3.63, 3.8) is 0 Å². The van der Waals surface area contributed by atoms with Crippen LogP contribution in [0.3, 0.4) is 0 Å². The van der Waals surface area contributed by atoms with E-state index in [0.717, 1.165) is 6.20 Å². The molecular formula is C10H12F3N3O4S. The first-order valence-electron chi connectivity index (χ1n) is 5.79. The van der Waals surface area contributed by atoms with Gasteiger partial charge < -0.3 is 9.67 Å². The van der Waals surface area contributed by atoms with Gasteiger partial charge in [-0.15, -0.1) is 0 Å². The van der Waals surface area contributed by atoms with Crippen LogP contribution in [-0.4, -0.2) is 52.6 Å². The highest BCUT2D eigenvalue weighted by molar-refractivity contribution is 7.89. The summed E-state index contributed by atoms with van der Waals surface area (Å²) < 4.78 is 65.2. The minimum absolute atomic E-state index is 0.409. The number of aliphatic carboxylic acids is 1. The van der Waals surface area contributed by atoms with Gasteiger partial charge >= 0.3 is 12.1 Å². The van der Waals surface area contributed by atoms with Crippen LogP contribution in [0.1, 0.15) is 6.42 Å². The number of carboxylic acid groups (broad SMARTS) is 1. The molecule has 0 radical (unpaired) electrons. The molecule has 0 aliphatic carbocycles. The summed E-state index contributed by atoms with van der Waals surface area (Å²) in [5.41, 5.74) is -3.07. The van der Waals surface area contributed by atoms with Gasteiger partial charge in [0, 0.05) is 26.3 Å². The summed E-state index contributed by atoms with van der Waals surface area (Å²) in [6.07, 6.45) is -3.52. The maximum absolute atomic E-state index is 13.0. The molecule has 1 fully saturated rings. The Morgan fingerprint density at radius 2 is 2.10 bits per heavy atom. The molecule has 1 aliphatic heterocycles. The summed E-state index contributed by atoms with van der Waals surface area (Å²) in [5, 5.41) is 8.49. The smallest absolute Gasteiger partial charge is 0.406 e. The Hall–Kier alpha value is -1.62. The van der Waals surface area contributed by atoms with E-state index in [1.165, 1.54) is 17.9 Å². The summed E-state index contributed by atoms with van der Waals surface area (Å²) in [5.74, 6) is -2.08. The molecule has 1 saturated heterocycles. The average Bonchev–Trinajstić information content (AvgIpc) is 2.94. The van der Waals surface area contributed by atoms with Crippen molar-refractivity contribution in [2.75, 3.05) is 13.1 Å². The Labute approximate surface area is 118 Å². The predicted molar refractivity (Wildman–Crippen MR) is 62.7 cm³/mol. The lowest BCUT2D eigenvalue weighted by atomic mass is 9.86. The number of hydrogen-bond acceptors (Lipinski definition) is 4. The number of rotatable bonds is 3. The first kappa shape index (κ1) is 15.8. The molecule has 0 saturated carbocycles. The van der Waals surface area contributed by atoms with Crippen molar-refractivity contribution in [1.82, 2.24) is 13.9 Å². The molecular weight excluding hydrogens is 315 g/mol. The minimum atomic E-state index is -5.03. The normalized spacial score (nSPS) is 24.4. The second-order valence-corrected chi connectivity index (χ2v) is 6.74. The Bertz CT molecular complexity index is 669. The topological polar surface area (TPSA) is 92.5 Å². The zero-order valence-corrected chi connectivity index (χ0v) is 11.6. The SMILES string of the molecule is Cn1cnc(S(=O)(=O)N2CCC(C(=O)O)(C(F)(F)F)C2)c1. The van der Waals surface area contributed by atoms with Crippen LogP contribution in [-0.2, 0) is 21.9 Å². The van der Waals surface area contributed by atoms with Crippen molar-refractivity contribution < 1.29 is 31.5 Å². The van der Waals surface area contributed by atoms with Crippen LogP contribution in [0.15, 0.2) is 17.6 Å². The lowest BCUT2D eigenvalue weighted by Gasteiger charge is -2.26. The molecule has 1 unspecified atom stereocenters. The highest BCUT2D eigenvalue weighted by Gasteiger charge is 2.65. The number of aromatic nitrogens is 2. The second-order valence-electron chi connectivity index (χ2n) is 4.85. The number of sulfonamides is 1. The number of carbonyl (C=O) groups is 1. The Balaban J connectivity index is 2.36. The van der Waals surface area contributed by atoms with Crippen LogP contribution in [0, 0.1) is 5.41 Å². The molecule has 1 aliphatic rings. The fraction of sp³-hybridized carbons (Fsp3) is 0.600. The van der Waals surface area contributed by atoms with Crippen molar-refractivity contribution in [2.24, 2.45) is 12.5 Å². The zero-order chi connectivity index (χ0) is 16.1. The molecule has 2 heterocycles. The summed E-state index contributed by atoms with van der Waals surface area (Å²) in [6, 6.07) is 0. The van der Waals surface area contributed by atoms with Crippen LogP contribution in [0.2, 0.25) is 0 Å². The standard InChI is InChI=1S/C10H12F3N3O4S/c1-15-4-7(14-6-15)21(19,20)16-3-2-9(5-16,8(17)18)10(11,12)13/h4,6H,2-3,5H2,1H3,(H,17,18). The van der Waals surface area contributed by atoms with Gasteiger partial charge in [-0.2, -0.15) is 17.5 Å². The van der Waals surface area contributed by atoms with Gasteiger partial charge in [0.05, 0.1) is 6.33 Å². The molecule has 1 aromatic heterocycles. The van der Waals surface area contributed by atoms with Crippen molar-refractivity contribution in [1.29, 1.82) is 0 Å². The quantitative estimate of drug-likeness (QED) is 0.870. The van der Waals surface area contributed by atoms with Gasteiger partial charge in [-0.05, 0) is 6.42 Å². The van der Waals surface area contributed by atoms with Crippen molar-refractivity contribution in [3.05, 3.63) is 12.5 Å². The van der Waals surface area contributed by atoms with Gasteiger partial charge in [-0.1, -0.05) is 0 Å². The van der Waals surface area contributed by atoms with Crippen LogP contribution in [0.25, 0.3) is 0 Å². The van der Waals surface area contributed by atoms with E-state index in [1.54, 1.807) is 0 Å². The molecule has 1 aromatic rings.